The van der Waals surface area contributed by atoms with Crippen LogP contribution < -0.4 is 0 Å². The molecule has 1 heterocycles. The number of hydrogen-bond donors (Lipinski definition) is 0. The lowest BCUT2D eigenvalue weighted by Crippen LogP contribution is -2.47. The second kappa shape index (κ2) is 2.72. The van der Waals surface area contributed by atoms with Crippen LogP contribution >= 0.6 is 0 Å². The number of nitrogens with zero attached hydrogens (tertiary/aromatic N) is 1. The fourth-order valence-electron chi connectivity index (χ4n) is 2.89. The summed E-state index contributed by atoms with van der Waals surface area (Å²) in [7, 11) is 0. The Bertz CT molecular complexity index is 231. The first-order chi connectivity index (χ1) is 6.27. The predicted molar refractivity (Wildman–Crippen MR) is 57.1 cm³/mol. The molecular formula is C12H22FN. The average Bonchev–Trinajstić information content (AvgIpc) is 2.51. The van der Waals surface area contributed by atoms with Gasteiger partial charge in [0.2, 0.25) is 0 Å². The molecule has 0 N–H and O–H groups in total. The number of likely N-dealkylation sites (tertiary alicyclic amines) is 1. The Balaban J connectivity index is 1.95. The van der Waals surface area contributed by atoms with Gasteiger partial charge in [0.15, 0.2) is 0 Å². The van der Waals surface area contributed by atoms with E-state index in [-0.39, 0.29) is 11.0 Å². The molecule has 2 fully saturated rings. The van der Waals surface area contributed by atoms with Crippen LogP contribution in [-0.4, -0.2) is 29.2 Å². The number of rotatable bonds is 0. The minimum atomic E-state index is -0.850. The zero-order valence-electron chi connectivity index (χ0n) is 9.86. The first kappa shape index (κ1) is 10.4. The van der Waals surface area contributed by atoms with Gasteiger partial charge in [0, 0.05) is 11.0 Å². The van der Waals surface area contributed by atoms with Gasteiger partial charge < -0.3 is 0 Å². The van der Waals surface area contributed by atoms with Gasteiger partial charge in [0.05, 0.1) is 0 Å². The Hall–Kier alpha value is -0.110. The van der Waals surface area contributed by atoms with Crippen molar-refractivity contribution in [3.05, 3.63) is 0 Å². The SMILES string of the molecule is CC(C)(C)N1CCC2(CC1)CC2(C)F. The molecule has 1 atom stereocenters. The molecule has 2 heteroatoms. The summed E-state index contributed by atoms with van der Waals surface area (Å²) in [5.41, 5.74) is -0.533. The second-order valence-corrected chi connectivity index (χ2v) is 6.31. The van der Waals surface area contributed by atoms with Gasteiger partial charge in [0.1, 0.15) is 5.67 Å². The van der Waals surface area contributed by atoms with Gasteiger partial charge in [-0.3, -0.25) is 4.90 Å². The van der Waals surface area contributed by atoms with Crippen molar-refractivity contribution in [1.82, 2.24) is 4.90 Å². The van der Waals surface area contributed by atoms with Gasteiger partial charge in [-0.2, -0.15) is 0 Å². The van der Waals surface area contributed by atoms with Gasteiger partial charge >= 0.3 is 0 Å². The van der Waals surface area contributed by atoms with Gasteiger partial charge in [-0.25, -0.2) is 4.39 Å². The maximum atomic E-state index is 13.7. The van der Waals surface area contributed by atoms with E-state index in [1.165, 1.54) is 0 Å². The second-order valence-electron chi connectivity index (χ2n) is 6.31. The summed E-state index contributed by atoms with van der Waals surface area (Å²) in [4.78, 5) is 2.48. The molecule has 1 aliphatic heterocycles. The summed E-state index contributed by atoms with van der Waals surface area (Å²) < 4.78 is 13.7. The highest BCUT2D eigenvalue weighted by atomic mass is 19.1. The molecule has 1 unspecified atom stereocenters. The van der Waals surface area contributed by atoms with Crippen LogP contribution in [0.25, 0.3) is 0 Å². The van der Waals surface area contributed by atoms with Gasteiger partial charge in [0.25, 0.3) is 0 Å². The molecule has 1 spiro atoms. The van der Waals surface area contributed by atoms with Crippen molar-refractivity contribution < 1.29 is 4.39 Å². The molecule has 0 radical (unpaired) electrons. The van der Waals surface area contributed by atoms with Crippen LogP contribution in [0.3, 0.4) is 0 Å². The normalized spacial score (nSPS) is 37.5. The van der Waals surface area contributed by atoms with E-state index in [0.717, 1.165) is 32.4 Å². The molecule has 0 aromatic rings. The minimum absolute atomic E-state index is 0.0642. The summed E-state index contributed by atoms with van der Waals surface area (Å²) >= 11 is 0. The van der Waals surface area contributed by atoms with E-state index in [2.05, 4.69) is 25.7 Å². The quantitative estimate of drug-likeness (QED) is 0.579. The van der Waals surface area contributed by atoms with E-state index in [4.69, 9.17) is 0 Å². The third-order valence-electron chi connectivity index (χ3n) is 4.32. The van der Waals surface area contributed by atoms with Crippen molar-refractivity contribution in [2.75, 3.05) is 13.1 Å². The molecule has 0 bridgehead atoms. The third-order valence-corrected chi connectivity index (χ3v) is 4.32. The van der Waals surface area contributed by atoms with Crippen molar-refractivity contribution >= 4 is 0 Å². The van der Waals surface area contributed by atoms with Crippen molar-refractivity contribution in [2.45, 2.75) is 58.2 Å². The predicted octanol–water partition coefficient (Wildman–Crippen LogP) is 3.00. The molecule has 0 amide bonds. The lowest BCUT2D eigenvalue weighted by molar-refractivity contribution is 0.0612. The summed E-state index contributed by atoms with van der Waals surface area (Å²) in [5, 5.41) is 0. The Morgan fingerprint density at radius 1 is 1.14 bits per heavy atom. The maximum absolute atomic E-state index is 13.7. The van der Waals surface area contributed by atoms with Gasteiger partial charge in [-0.1, -0.05) is 0 Å². The Kier molecular flexibility index (Phi) is 2.02. The summed E-state index contributed by atoms with van der Waals surface area (Å²) in [6, 6.07) is 0. The summed E-state index contributed by atoms with van der Waals surface area (Å²) in [5.74, 6) is 0. The fraction of sp³-hybridized carbons (Fsp3) is 1.00. The van der Waals surface area contributed by atoms with Crippen LogP contribution in [0, 0.1) is 5.41 Å². The van der Waals surface area contributed by atoms with E-state index in [1.807, 2.05) is 0 Å². The molecule has 82 valence electrons. The largest absolute Gasteiger partial charge is 0.298 e. The van der Waals surface area contributed by atoms with E-state index in [0.29, 0.717) is 0 Å². The molecule has 14 heavy (non-hydrogen) atoms. The van der Waals surface area contributed by atoms with Crippen LogP contribution in [0.2, 0.25) is 0 Å². The van der Waals surface area contributed by atoms with Crippen LogP contribution in [0.1, 0.15) is 47.0 Å². The fourth-order valence-corrected chi connectivity index (χ4v) is 2.89. The van der Waals surface area contributed by atoms with Crippen LogP contribution in [0.4, 0.5) is 4.39 Å². The van der Waals surface area contributed by atoms with Crippen LogP contribution in [0.15, 0.2) is 0 Å². The van der Waals surface area contributed by atoms with Crippen molar-refractivity contribution in [1.29, 1.82) is 0 Å². The number of hydrogen-bond acceptors (Lipinski definition) is 1. The number of piperidine rings is 1. The minimum Gasteiger partial charge on any atom is -0.298 e. The van der Waals surface area contributed by atoms with Crippen molar-refractivity contribution in [3.8, 4) is 0 Å². The van der Waals surface area contributed by atoms with Gasteiger partial charge in [-0.05, 0) is 60.0 Å². The van der Waals surface area contributed by atoms with E-state index >= 15 is 0 Å². The highest BCUT2D eigenvalue weighted by Crippen LogP contribution is 2.64. The molecule has 0 aromatic carbocycles. The van der Waals surface area contributed by atoms with Crippen LogP contribution in [-0.2, 0) is 0 Å². The molecule has 1 aliphatic carbocycles. The smallest absolute Gasteiger partial charge is 0.114 e. The van der Waals surface area contributed by atoms with E-state index in [9.17, 15) is 4.39 Å². The van der Waals surface area contributed by atoms with Crippen molar-refractivity contribution in [3.63, 3.8) is 0 Å². The lowest BCUT2D eigenvalue weighted by Gasteiger charge is -2.41. The first-order valence-electron chi connectivity index (χ1n) is 5.71. The number of halogens is 1. The standard InChI is InChI=1S/C12H22FN/c1-10(2,3)14-7-5-12(6-8-14)9-11(12,4)13/h5-9H2,1-4H3. The monoisotopic (exact) mass is 199 g/mol. The first-order valence-corrected chi connectivity index (χ1v) is 5.71. The third kappa shape index (κ3) is 1.48. The van der Waals surface area contributed by atoms with E-state index in [1.54, 1.807) is 6.92 Å². The highest BCUT2D eigenvalue weighted by Gasteiger charge is 2.65. The molecule has 2 rings (SSSR count). The maximum Gasteiger partial charge on any atom is 0.114 e. The summed E-state index contributed by atoms with van der Waals surface area (Å²) in [6.45, 7) is 10.7. The molecule has 0 aromatic heterocycles. The van der Waals surface area contributed by atoms with Gasteiger partial charge in [-0.15, -0.1) is 0 Å². The highest BCUT2D eigenvalue weighted by molar-refractivity contribution is 5.15. The average molecular weight is 199 g/mol. The molecular weight excluding hydrogens is 177 g/mol. The Morgan fingerprint density at radius 2 is 1.57 bits per heavy atom. The summed E-state index contributed by atoms with van der Waals surface area (Å²) in [6.07, 6.45) is 2.91. The zero-order chi connectivity index (χ0) is 10.6. The molecule has 1 saturated heterocycles. The number of alkyl halides is 1. The van der Waals surface area contributed by atoms with Crippen LogP contribution in [0.5, 0.6) is 0 Å². The molecule has 1 nitrogen and oxygen atoms in total. The molecule has 1 saturated carbocycles. The Labute approximate surface area is 86.7 Å². The molecule has 2 aliphatic rings. The topological polar surface area (TPSA) is 3.24 Å². The van der Waals surface area contributed by atoms with Crippen molar-refractivity contribution in [2.24, 2.45) is 5.41 Å². The lowest BCUT2D eigenvalue weighted by atomic mass is 9.88. The van der Waals surface area contributed by atoms with E-state index < -0.39 is 5.67 Å². The Morgan fingerprint density at radius 3 is 1.86 bits per heavy atom. The zero-order valence-corrected chi connectivity index (χ0v) is 9.86.